The van der Waals surface area contributed by atoms with E-state index in [4.69, 9.17) is 50.9 Å². The average molecular weight is 603 g/mol. The van der Waals surface area contributed by atoms with Gasteiger partial charge in [-0.25, -0.2) is 14.4 Å². The van der Waals surface area contributed by atoms with Gasteiger partial charge in [0, 0.05) is 43.3 Å². The highest BCUT2D eigenvalue weighted by molar-refractivity contribution is 7.80. The van der Waals surface area contributed by atoms with Crippen molar-refractivity contribution >= 4 is 69.9 Å². The Morgan fingerprint density at radius 3 is 1.13 bits per heavy atom. The molecule has 0 spiro atoms. The van der Waals surface area contributed by atoms with E-state index in [0.29, 0.717) is 61.0 Å². The Morgan fingerprint density at radius 2 is 0.897 bits per heavy atom. The van der Waals surface area contributed by atoms with Crippen molar-refractivity contribution in [3.05, 3.63) is 38.0 Å². The Balaban J connectivity index is 4.93. The number of carbonyl (C=O) groups excluding carboxylic acids is 3. The fourth-order valence-electron chi connectivity index (χ4n) is 2.68. The van der Waals surface area contributed by atoms with Crippen LogP contribution in [0.5, 0.6) is 0 Å². The van der Waals surface area contributed by atoms with E-state index in [1.807, 2.05) is 6.92 Å². The summed E-state index contributed by atoms with van der Waals surface area (Å²) in [5, 5.41) is 19.7. The minimum Gasteiger partial charge on any atom is -0.461 e. The van der Waals surface area contributed by atoms with E-state index in [1.54, 1.807) is 0 Å². The second-order valence-electron chi connectivity index (χ2n) is 7.80. The maximum Gasteiger partial charge on any atom is 0.330 e. The highest BCUT2D eigenvalue weighted by Gasteiger charge is 2.29. The average Bonchev–Trinajstić information content (AvgIpc) is 2.94. The first-order chi connectivity index (χ1) is 18.6. The zero-order valence-corrected chi connectivity index (χ0v) is 24.5. The van der Waals surface area contributed by atoms with Crippen LogP contribution in [0.3, 0.4) is 0 Å². The zero-order chi connectivity index (χ0) is 29.5. The summed E-state index contributed by atoms with van der Waals surface area (Å²) in [5.41, 5.74) is -0.414. The highest BCUT2D eigenvalue weighted by Crippen LogP contribution is 2.19. The van der Waals surface area contributed by atoms with Crippen LogP contribution in [0.1, 0.15) is 13.3 Å². The summed E-state index contributed by atoms with van der Waals surface area (Å²) in [7, 11) is 0. The van der Waals surface area contributed by atoms with Crippen molar-refractivity contribution in [1.29, 1.82) is 0 Å². The first-order valence-electron chi connectivity index (χ1n) is 12.0. The highest BCUT2D eigenvalue weighted by atomic mass is 32.1. The topological polar surface area (TPSA) is 151 Å². The molecule has 0 unspecified atom stereocenters. The van der Waals surface area contributed by atoms with Gasteiger partial charge in [-0.1, -0.05) is 26.7 Å². The summed E-state index contributed by atoms with van der Waals surface area (Å²) in [5.74, 6) is -1.53. The van der Waals surface area contributed by atoms with Gasteiger partial charge in [-0.05, 0) is 43.1 Å². The van der Waals surface area contributed by atoms with E-state index in [2.05, 4.69) is 51.6 Å². The van der Waals surface area contributed by atoms with Crippen molar-refractivity contribution in [1.82, 2.24) is 31.9 Å². The van der Waals surface area contributed by atoms with Crippen LogP contribution >= 0.6 is 36.7 Å². The molecule has 0 amide bonds. The third-order valence-electron chi connectivity index (χ3n) is 5.02. The van der Waals surface area contributed by atoms with Crippen LogP contribution in [-0.2, 0) is 28.6 Å². The van der Waals surface area contributed by atoms with Crippen molar-refractivity contribution in [2.24, 2.45) is 5.41 Å². The molecule has 39 heavy (non-hydrogen) atoms. The van der Waals surface area contributed by atoms with Crippen LogP contribution in [0.15, 0.2) is 38.0 Å². The number of thiocarbonyl (C=S) groups is 3. The lowest BCUT2D eigenvalue weighted by Gasteiger charge is -2.35. The van der Waals surface area contributed by atoms with Crippen LogP contribution in [-0.4, -0.2) is 92.3 Å². The Kier molecular flexibility index (Phi) is 19.8. The predicted octanol–water partition coefficient (Wildman–Crippen LogP) is -0.0373. The minimum absolute atomic E-state index is 0.138. The molecule has 0 aliphatic rings. The molecule has 0 fully saturated rings. The molecule has 0 aromatic carbocycles. The van der Waals surface area contributed by atoms with E-state index >= 15 is 0 Å². The van der Waals surface area contributed by atoms with Gasteiger partial charge in [-0.15, -0.1) is 0 Å². The molecule has 0 aliphatic heterocycles. The standard InChI is InChI=1S/C24H38N6O6S3/c1-5-18(31)34-12-9-25-21(37)28-15-24(8-4,16-29-22(38)26-10-13-35-19(32)6-2)17-30-23(39)27-11-14-36-20(33)7-3/h5-7H,1-3,8-17H2,4H3,(H2,25,28,37)(H2,26,29,38)(H2,27,30,39). The Labute approximate surface area is 245 Å². The molecule has 12 nitrogen and oxygen atoms in total. The smallest absolute Gasteiger partial charge is 0.330 e. The van der Waals surface area contributed by atoms with Gasteiger partial charge in [-0.2, -0.15) is 0 Å². The minimum atomic E-state index is -0.510. The first kappa shape index (κ1) is 35.7. The molecule has 0 bridgehead atoms. The second kappa shape index (κ2) is 21.6. The normalized spacial score (nSPS) is 10.1. The van der Waals surface area contributed by atoms with Gasteiger partial charge in [-0.3, -0.25) is 0 Å². The van der Waals surface area contributed by atoms with E-state index in [1.165, 1.54) is 0 Å². The summed E-state index contributed by atoms with van der Waals surface area (Å²) >= 11 is 16.1. The van der Waals surface area contributed by atoms with Crippen LogP contribution in [0, 0.1) is 5.41 Å². The molecule has 0 saturated heterocycles. The van der Waals surface area contributed by atoms with E-state index in [9.17, 15) is 14.4 Å². The number of nitrogens with one attached hydrogen (secondary N) is 6. The van der Waals surface area contributed by atoms with Gasteiger partial charge >= 0.3 is 17.9 Å². The van der Waals surface area contributed by atoms with Crippen LogP contribution in [0.4, 0.5) is 0 Å². The maximum atomic E-state index is 11.1. The molecular formula is C24H38N6O6S3. The summed E-state index contributed by atoms with van der Waals surface area (Å²) in [4.78, 5) is 33.4. The molecule has 0 saturated carbocycles. The lowest BCUT2D eigenvalue weighted by Crippen LogP contribution is -2.54. The van der Waals surface area contributed by atoms with Crippen molar-refractivity contribution in [2.45, 2.75) is 13.3 Å². The lowest BCUT2D eigenvalue weighted by atomic mass is 9.84. The fraction of sp³-hybridized carbons (Fsp3) is 0.500. The van der Waals surface area contributed by atoms with Gasteiger partial charge < -0.3 is 46.1 Å². The van der Waals surface area contributed by atoms with Gasteiger partial charge in [0.05, 0.1) is 19.6 Å². The van der Waals surface area contributed by atoms with Gasteiger partial charge in [0.15, 0.2) is 15.3 Å². The third-order valence-corrected chi connectivity index (χ3v) is 5.88. The van der Waals surface area contributed by atoms with Crippen molar-refractivity contribution < 1.29 is 28.6 Å². The number of carbonyl (C=O) groups is 3. The Morgan fingerprint density at radius 1 is 0.615 bits per heavy atom. The quantitative estimate of drug-likeness (QED) is 0.0386. The Hall–Kier alpha value is -3.30. The summed E-state index contributed by atoms with van der Waals surface area (Å²) in [6.07, 6.45) is 3.98. The molecule has 15 heteroatoms. The predicted molar refractivity (Wildman–Crippen MR) is 162 cm³/mol. The van der Waals surface area contributed by atoms with Crippen LogP contribution < -0.4 is 31.9 Å². The molecule has 0 aliphatic carbocycles. The maximum absolute atomic E-state index is 11.1. The summed E-state index contributed by atoms with van der Waals surface area (Å²) < 4.78 is 14.8. The number of esters is 3. The number of ether oxygens (including phenoxy) is 3. The zero-order valence-electron chi connectivity index (χ0n) is 22.1. The fourth-order valence-corrected chi connectivity index (χ4v) is 3.20. The molecule has 0 radical (unpaired) electrons. The summed E-state index contributed by atoms with van der Waals surface area (Å²) in [6.45, 7) is 14.8. The molecule has 0 aromatic heterocycles. The molecule has 0 rings (SSSR count). The number of hydrogen-bond acceptors (Lipinski definition) is 9. The molecule has 0 aromatic rings. The van der Waals surface area contributed by atoms with Crippen molar-refractivity contribution in [3.8, 4) is 0 Å². The van der Waals surface area contributed by atoms with E-state index in [-0.39, 0.29) is 19.8 Å². The molecule has 218 valence electrons. The lowest BCUT2D eigenvalue weighted by molar-refractivity contribution is -0.138. The monoisotopic (exact) mass is 602 g/mol. The molecule has 0 atom stereocenters. The largest absolute Gasteiger partial charge is 0.461 e. The van der Waals surface area contributed by atoms with Crippen LogP contribution in [0.2, 0.25) is 0 Å². The van der Waals surface area contributed by atoms with Crippen LogP contribution in [0.25, 0.3) is 0 Å². The number of rotatable bonds is 19. The van der Waals surface area contributed by atoms with E-state index in [0.717, 1.165) is 18.2 Å². The van der Waals surface area contributed by atoms with E-state index < -0.39 is 23.3 Å². The number of hydrogen-bond donors (Lipinski definition) is 6. The van der Waals surface area contributed by atoms with Crippen molar-refractivity contribution in [2.75, 3.05) is 59.1 Å². The molecule has 6 N–H and O–H groups in total. The second-order valence-corrected chi connectivity index (χ2v) is 9.02. The van der Waals surface area contributed by atoms with Gasteiger partial charge in [0.1, 0.15) is 19.8 Å². The molecule has 0 heterocycles. The summed E-state index contributed by atoms with van der Waals surface area (Å²) in [6, 6.07) is 0. The van der Waals surface area contributed by atoms with Gasteiger partial charge in [0.2, 0.25) is 0 Å². The molecular weight excluding hydrogens is 565 g/mol. The first-order valence-corrected chi connectivity index (χ1v) is 13.3. The van der Waals surface area contributed by atoms with Gasteiger partial charge in [0.25, 0.3) is 0 Å². The third kappa shape index (κ3) is 18.6. The SMILES string of the molecule is C=CC(=O)OCCNC(=S)NCC(CC)(CNC(=S)NCCOC(=O)C=C)CNC(=S)NCCOC(=O)C=C. The van der Waals surface area contributed by atoms with Crippen molar-refractivity contribution in [3.63, 3.8) is 0 Å². The Bertz CT molecular complexity index is 779.